The monoisotopic (exact) mass is 302 g/mol. The van der Waals surface area contributed by atoms with Gasteiger partial charge in [0.15, 0.2) is 0 Å². The molecule has 0 aromatic heterocycles. The van der Waals surface area contributed by atoms with Crippen molar-refractivity contribution in [3.05, 3.63) is 29.3 Å². The lowest BCUT2D eigenvalue weighted by Gasteiger charge is -2.20. The smallest absolute Gasteiger partial charge is 0.251 e. The van der Waals surface area contributed by atoms with Crippen molar-refractivity contribution in [3.8, 4) is 0 Å². The first kappa shape index (κ1) is 15.0. The van der Waals surface area contributed by atoms with Crippen molar-refractivity contribution in [1.29, 1.82) is 0 Å². The molecule has 2 amide bonds. The molecule has 0 radical (unpaired) electrons. The van der Waals surface area contributed by atoms with E-state index in [0.29, 0.717) is 12.1 Å². The summed E-state index contributed by atoms with van der Waals surface area (Å²) in [6.07, 6.45) is 2.98. The average molecular weight is 302 g/mol. The summed E-state index contributed by atoms with van der Waals surface area (Å²) in [4.78, 5) is 25.7. The topological polar surface area (TPSA) is 58.6 Å². The van der Waals surface area contributed by atoms with E-state index < -0.39 is 0 Å². The molecule has 3 rings (SSSR count). The molecule has 1 aromatic rings. The van der Waals surface area contributed by atoms with Crippen LogP contribution in [-0.2, 0) is 16.0 Å². The fraction of sp³-hybridized carbons (Fsp3) is 0.529. The number of rotatable bonds is 3. The Hall–Kier alpha value is -1.88. The van der Waals surface area contributed by atoms with Crippen LogP contribution in [0.15, 0.2) is 18.2 Å². The maximum absolute atomic E-state index is 12.4. The quantitative estimate of drug-likeness (QED) is 0.927. The third-order valence-electron chi connectivity index (χ3n) is 4.50. The van der Waals surface area contributed by atoms with Gasteiger partial charge in [-0.25, -0.2) is 0 Å². The molecule has 0 bridgehead atoms. The number of anilines is 1. The van der Waals surface area contributed by atoms with Crippen LogP contribution in [0.3, 0.4) is 0 Å². The van der Waals surface area contributed by atoms with Gasteiger partial charge in [0.1, 0.15) is 0 Å². The van der Waals surface area contributed by atoms with Crippen LogP contribution in [0.4, 0.5) is 5.69 Å². The largest absolute Gasteiger partial charge is 0.376 e. The van der Waals surface area contributed by atoms with E-state index in [0.717, 1.165) is 37.1 Å². The van der Waals surface area contributed by atoms with Gasteiger partial charge in [0.25, 0.3) is 5.91 Å². The first-order valence-corrected chi connectivity index (χ1v) is 7.90. The number of ether oxygens (including phenoxy) is 1. The van der Waals surface area contributed by atoms with Gasteiger partial charge in [0.05, 0.1) is 12.1 Å². The van der Waals surface area contributed by atoms with E-state index in [1.54, 1.807) is 17.9 Å². The number of amides is 2. The molecular formula is C17H22N2O3. The van der Waals surface area contributed by atoms with E-state index in [1.165, 1.54) is 0 Å². The summed E-state index contributed by atoms with van der Waals surface area (Å²) in [5, 5.41) is 3.02. The van der Waals surface area contributed by atoms with E-state index in [4.69, 9.17) is 4.74 Å². The molecule has 0 aliphatic carbocycles. The van der Waals surface area contributed by atoms with Gasteiger partial charge < -0.3 is 15.0 Å². The maximum atomic E-state index is 12.4. The van der Waals surface area contributed by atoms with Crippen molar-refractivity contribution in [2.24, 2.45) is 0 Å². The standard InChI is InChI=1S/C17H22N2O3/c1-11(16-4-3-9-22-16)18-17(21)14-5-6-15-13(10-14)7-8-19(15)12(2)20/h5-6,10-11,16H,3-4,7-9H2,1-2H3,(H,18,21)/t11-,16+/m1/s1. The van der Waals surface area contributed by atoms with Crippen molar-refractivity contribution in [3.63, 3.8) is 0 Å². The summed E-state index contributed by atoms with van der Waals surface area (Å²) in [7, 11) is 0. The number of fused-ring (bicyclic) bond motifs is 1. The Kier molecular flexibility index (Phi) is 4.16. The number of carbonyl (C=O) groups is 2. The minimum atomic E-state index is -0.0768. The van der Waals surface area contributed by atoms with Gasteiger partial charge >= 0.3 is 0 Å². The Morgan fingerprint density at radius 3 is 2.91 bits per heavy atom. The summed E-state index contributed by atoms with van der Waals surface area (Å²) in [5.41, 5.74) is 2.64. The summed E-state index contributed by atoms with van der Waals surface area (Å²) >= 11 is 0. The maximum Gasteiger partial charge on any atom is 0.251 e. The first-order chi connectivity index (χ1) is 10.6. The number of benzene rings is 1. The van der Waals surface area contributed by atoms with Crippen molar-refractivity contribution in [1.82, 2.24) is 5.32 Å². The second-order valence-electron chi connectivity index (χ2n) is 6.08. The first-order valence-electron chi connectivity index (χ1n) is 7.90. The number of hydrogen-bond acceptors (Lipinski definition) is 3. The van der Waals surface area contributed by atoms with Crippen molar-refractivity contribution < 1.29 is 14.3 Å². The zero-order valence-electron chi connectivity index (χ0n) is 13.1. The van der Waals surface area contributed by atoms with Gasteiger partial charge in [-0.15, -0.1) is 0 Å². The Labute approximate surface area is 130 Å². The third-order valence-corrected chi connectivity index (χ3v) is 4.50. The zero-order chi connectivity index (χ0) is 15.7. The molecule has 0 spiro atoms. The van der Waals surface area contributed by atoms with E-state index >= 15 is 0 Å². The number of nitrogens with zero attached hydrogens (tertiary/aromatic N) is 1. The Balaban J connectivity index is 1.70. The zero-order valence-corrected chi connectivity index (χ0v) is 13.1. The fourth-order valence-electron chi connectivity index (χ4n) is 3.25. The SMILES string of the molecule is CC(=O)N1CCc2cc(C(=O)N[C@H](C)[C@@H]3CCCO3)ccc21. The van der Waals surface area contributed by atoms with Crippen LogP contribution in [0.5, 0.6) is 0 Å². The molecule has 118 valence electrons. The molecule has 2 aliphatic heterocycles. The third kappa shape index (κ3) is 2.86. The summed E-state index contributed by atoms with van der Waals surface area (Å²) in [6, 6.07) is 5.57. The number of nitrogens with one attached hydrogen (secondary N) is 1. The highest BCUT2D eigenvalue weighted by Crippen LogP contribution is 2.29. The molecule has 2 heterocycles. The van der Waals surface area contributed by atoms with Crippen LogP contribution in [0.25, 0.3) is 0 Å². The molecule has 1 N–H and O–H groups in total. The Bertz CT molecular complexity index is 594. The summed E-state index contributed by atoms with van der Waals surface area (Å²) < 4.78 is 5.61. The van der Waals surface area contributed by atoms with Crippen LogP contribution in [0, 0.1) is 0 Å². The number of hydrogen-bond donors (Lipinski definition) is 1. The lowest BCUT2D eigenvalue weighted by Crippen LogP contribution is -2.40. The van der Waals surface area contributed by atoms with Crippen LogP contribution in [0.2, 0.25) is 0 Å². The van der Waals surface area contributed by atoms with Gasteiger partial charge in [0, 0.05) is 31.3 Å². The van der Waals surface area contributed by atoms with Crippen molar-refractivity contribution >= 4 is 17.5 Å². The molecule has 5 heteroatoms. The van der Waals surface area contributed by atoms with Crippen LogP contribution >= 0.6 is 0 Å². The molecule has 1 fully saturated rings. The van der Waals surface area contributed by atoms with Crippen LogP contribution in [-0.4, -0.2) is 37.1 Å². The van der Waals surface area contributed by atoms with Gasteiger partial charge in [-0.2, -0.15) is 0 Å². The Morgan fingerprint density at radius 1 is 1.41 bits per heavy atom. The van der Waals surface area contributed by atoms with Crippen LogP contribution < -0.4 is 10.2 Å². The van der Waals surface area contributed by atoms with Crippen LogP contribution in [0.1, 0.15) is 42.6 Å². The predicted octanol–water partition coefficient (Wildman–Crippen LogP) is 1.89. The minimum absolute atomic E-state index is 0.0111. The van der Waals surface area contributed by atoms with E-state index in [9.17, 15) is 9.59 Å². The molecule has 1 saturated heterocycles. The molecular weight excluding hydrogens is 280 g/mol. The van der Waals surface area contributed by atoms with Crippen molar-refractivity contribution in [2.75, 3.05) is 18.1 Å². The molecule has 0 saturated carbocycles. The van der Waals surface area contributed by atoms with E-state index in [2.05, 4.69) is 5.32 Å². The highest BCUT2D eigenvalue weighted by atomic mass is 16.5. The molecule has 22 heavy (non-hydrogen) atoms. The second kappa shape index (κ2) is 6.08. The average Bonchev–Trinajstić information content (AvgIpc) is 3.15. The molecule has 2 aliphatic rings. The molecule has 5 nitrogen and oxygen atoms in total. The Morgan fingerprint density at radius 2 is 2.23 bits per heavy atom. The lowest BCUT2D eigenvalue weighted by atomic mass is 10.1. The van der Waals surface area contributed by atoms with Gasteiger partial charge in [-0.1, -0.05) is 0 Å². The summed E-state index contributed by atoms with van der Waals surface area (Å²) in [6.45, 7) is 5.03. The minimum Gasteiger partial charge on any atom is -0.376 e. The number of carbonyl (C=O) groups excluding carboxylic acids is 2. The van der Waals surface area contributed by atoms with Crippen molar-refractivity contribution in [2.45, 2.75) is 45.3 Å². The van der Waals surface area contributed by atoms with Gasteiger partial charge in [0.2, 0.25) is 5.91 Å². The normalized spacial score (nSPS) is 21.5. The van der Waals surface area contributed by atoms with E-state index in [1.807, 2.05) is 19.1 Å². The highest BCUT2D eigenvalue weighted by Gasteiger charge is 2.26. The predicted molar refractivity (Wildman–Crippen MR) is 84.1 cm³/mol. The van der Waals surface area contributed by atoms with Gasteiger partial charge in [-0.05, 0) is 49.9 Å². The lowest BCUT2D eigenvalue weighted by molar-refractivity contribution is -0.116. The fourth-order valence-corrected chi connectivity index (χ4v) is 3.25. The van der Waals surface area contributed by atoms with E-state index in [-0.39, 0.29) is 24.0 Å². The second-order valence-corrected chi connectivity index (χ2v) is 6.08. The highest BCUT2D eigenvalue weighted by molar-refractivity contribution is 5.98. The van der Waals surface area contributed by atoms with Gasteiger partial charge in [-0.3, -0.25) is 9.59 Å². The molecule has 2 atom stereocenters. The molecule has 0 unspecified atom stereocenters. The molecule has 1 aromatic carbocycles. The summed E-state index contributed by atoms with van der Waals surface area (Å²) in [5.74, 6) is -0.0324.